The molecule has 1 amide bonds. The maximum atomic E-state index is 14.0. The average Bonchev–Trinajstić information content (AvgIpc) is 3.22. The van der Waals surface area contributed by atoms with Gasteiger partial charge in [-0.25, -0.2) is 8.42 Å². The molecule has 0 aliphatic carbocycles. The second-order valence-corrected chi connectivity index (χ2v) is 11.3. The van der Waals surface area contributed by atoms with Crippen LogP contribution in [0.3, 0.4) is 0 Å². The highest BCUT2D eigenvalue weighted by atomic mass is 35.5. The van der Waals surface area contributed by atoms with E-state index in [-0.39, 0.29) is 51.5 Å². The lowest BCUT2D eigenvalue weighted by atomic mass is 9.95. The Hall–Kier alpha value is -2.14. The lowest BCUT2D eigenvalue weighted by Crippen LogP contribution is -2.37. The van der Waals surface area contributed by atoms with Crippen molar-refractivity contribution in [1.29, 1.82) is 0 Å². The molecule has 0 aromatic heterocycles. The van der Waals surface area contributed by atoms with Gasteiger partial charge in [0.15, 0.2) is 9.84 Å². The van der Waals surface area contributed by atoms with Crippen LogP contribution in [-0.4, -0.2) is 44.1 Å². The highest BCUT2D eigenvalue weighted by molar-refractivity contribution is 7.91. The van der Waals surface area contributed by atoms with Crippen LogP contribution in [0.1, 0.15) is 59.8 Å². The number of nitrogens with one attached hydrogen (secondary N) is 1. The molecule has 11 heteroatoms. The number of hydrogen-bond acceptors (Lipinski definition) is 5. The van der Waals surface area contributed by atoms with Crippen LogP contribution in [0.2, 0.25) is 5.02 Å². The fourth-order valence-corrected chi connectivity index (χ4v) is 5.83. The predicted octanol–water partition coefficient (Wildman–Crippen LogP) is 4.57. The summed E-state index contributed by atoms with van der Waals surface area (Å²) in [6, 6.07) is 7.17. The lowest BCUT2D eigenvalue weighted by molar-refractivity contribution is -0.138. The Bertz CT molecular complexity index is 1190. The maximum Gasteiger partial charge on any atom is 0.416 e. The molecule has 6 nitrogen and oxygen atoms in total. The molecule has 0 bridgehead atoms. The fourth-order valence-electron chi connectivity index (χ4n) is 4.52. The molecule has 2 aromatic carbocycles. The van der Waals surface area contributed by atoms with Crippen LogP contribution < -0.4 is 11.1 Å². The summed E-state index contributed by atoms with van der Waals surface area (Å²) in [6.45, 7) is 3.92. The molecule has 3 rings (SSSR count). The van der Waals surface area contributed by atoms with E-state index in [1.54, 1.807) is 0 Å². The van der Waals surface area contributed by atoms with E-state index in [1.165, 1.54) is 37.3 Å². The Morgan fingerprint density at radius 2 is 1.97 bits per heavy atom. The summed E-state index contributed by atoms with van der Waals surface area (Å²) in [6.07, 6.45) is -2.91. The molecule has 1 saturated heterocycles. The molecule has 1 fully saturated rings. The molecule has 0 spiro atoms. The number of benzene rings is 2. The smallest absolute Gasteiger partial charge is 0.348 e. The summed E-state index contributed by atoms with van der Waals surface area (Å²) in [5, 5.41) is 2.79. The quantitative estimate of drug-likeness (QED) is 0.521. The highest BCUT2D eigenvalue weighted by Gasteiger charge is 2.38. The van der Waals surface area contributed by atoms with Gasteiger partial charge < -0.3 is 11.1 Å². The first kappa shape index (κ1) is 27.4. The van der Waals surface area contributed by atoms with Crippen molar-refractivity contribution in [2.75, 3.05) is 18.8 Å². The van der Waals surface area contributed by atoms with E-state index in [9.17, 15) is 26.4 Å². The third-order valence-corrected chi connectivity index (χ3v) is 8.45. The first-order valence-corrected chi connectivity index (χ1v) is 13.4. The van der Waals surface area contributed by atoms with Crippen molar-refractivity contribution in [3.63, 3.8) is 0 Å². The predicted molar refractivity (Wildman–Crippen MR) is 129 cm³/mol. The number of nitrogens with zero attached hydrogens (tertiary/aromatic N) is 1. The molecule has 0 saturated carbocycles. The SMILES string of the molecule is CCS(=O)(=O)c1ccc(Cl)cc1CNC(=O)c1ccc([C@H](CN)N2CCCC2C)c(C(F)(F)F)c1. The Morgan fingerprint density at radius 3 is 2.54 bits per heavy atom. The van der Waals surface area contributed by atoms with Crippen LogP contribution in [0, 0.1) is 0 Å². The highest BCUT2D eigenvalue weighted by Crippen LogP contribution is 2.38. The van der Waals surface area contributed by atoms with Crippen LogP contribution >= 0.6 is 11.6 Å². The lowest BCUT2D eigenvalue weighted by Gasteiger charge is -2.32. The standard InChI is InChI=1S/C24H29ClF3N3O3S/c1-3-35(33,34)22-9-7-18(25)11-17(22)14-30-23(32)16-6-8-19(20(12-16)24(26,27)28)21(13-29)31-10-4-5-15(31)2/h6-9,11-12,15,21H,3-5,10,13-14,29H2,1-2H3,(H,30,32)/t15?,21-/m0/s1. The number of rotatable bonds is 8. The number of carbonyl (C=O) groups excluding carboxylic acids is 1. The van der Waals surface area contributed by atoms with Crippen LogP contribution in [-0.2, 0) is 22.6 Å². The minimum absolute atomic E-state index is 0.0153. The van der Waals surface area contributed by atoms with Gasteiger partial charge in [-0.15, -0.1) is 0 Å². The second kappa shape index (κ2) is 10.9. The van der Waals surface area contributed by atoms with Gasteiger partial charge in [0.1, 0.15) is 0 Å². The number of nitrogens with two attached hydrogens (primary N) is 1. The van der Waals surface area contributed by atoms with E-state index in [2.05, 4.69) is 5.32 Å². The van der Waals surface area contributed by atoms with Gasteiger partial charge in [-0.1, -0.05) is 24.6 Å². The van der Waals surface area contributed by atoms with Gasteiger partial charge in [0, 0.05) is 35.8 Å². The van der Waals surface area contributed by atoms with E-state index in [0.29, 0.717) is 6.54 Å². The summed E-state index contributed by atoms with van der Waals surface area (Å²) < 4.78 is 66.8. The topological polar surface area (TPSA) is 92.5 Å². The van der Waals surface area contributed by atoms with E-state index < -0.39 is 33.5 Å². The number of hydrogen-bond donors (Lipinski definition) is 2. The van der Waals surface area contributed by atoms with Gasteiger partial charge in [-0.2, -0.15) is 13.2 Å². The molecule has 192 valence electrons. The van der Waals surface area contributed by atoms with Crippen molar-refractivity contribution in [2.24, 2.45) is 5.73 Å². The van der Waals surface area contributed by atoms with Crippen molar-refractivity contribution in [2.45, 2.75) is 56.4 Å². The van der Waals surface area contributed by atoms with Crippen LogP contribution in [0.25, 0.3) is 0 Å². The van der Waals surface area contributed by atoms with Gasteiger partial charge in [0.25, 0.3) is 5.91 Å². The molecule has 35 heavy (non-hydrogen) atoms. The number of likely N-dealkylation sites (tertiary alicyclic amines) is 1. The zero-order valence-electron chi connectivity index (χ0n) is 19.5. The number of amides is 1. The number of carbonyl (C=O) groups is 1. The Morgan fingerprint density at radius 1 is 1.26 bits per heavy atom. The molecule has 1 heterocycles. The van der Waals surface area contributed by atoms with E-state index >= 15 is 0 Å². The van der Waals surface area contributed by atoms with Crippen molar-refractivity contribution in [1.82, 2.24) is 10.2 Å². The Balaban J connectivity index is 1.90. The minimum atomic E-state index is -4.68. The maximum absolute atomic E-state index is 14.0. The molecular formula is C24H29ClF3N3O3S. The van der Waals surface area contributed by atoms with Crippen molar-refractivity contribution in [3.05, 3.63) is 63.7 Å². The van der Waals surface area contributed by atoms with Crippen molar-refractivity contribution in [3.8, 4) is 0 Å². The summed E-state index contributed by atoms with van der Waals surface area (Å²) >= 11 is 5.99. The Kier molecular flexibility index (Phi) is 8.52. The average molecular weight is 532 g/mol. The van der Waals surface area contributed by atoms with Crippen LogP contribution in [0.15, 0.2) is 41.3 Å². The minimum Gasteiger partial charge on any atom is -0.348 e. The summed E-state index contributed by atoms with van der Waals surface area (Å²) in [5.74, 6) is -0.912. The first-order valence-electron chi connectivity index (χ1n) is 11.3. The zero-order valence-corrected chi connectivity index (χ0v) is 21.1. The molecule has 2 atom stereocenters. The van der Waals surface area contributed by atoms with Crippen molar-refractivity contribution < 1.29 is 26.4 Å². The van der Waals surface area contributed by atoms with Crippen LogP contribution in [0.5, 0.6) is 0 Å². The molecule has 1 unspecified atom stereocenters. The molecule has 1 aliphatic rings. The van der Waals surface area contributed by atoms with Gasteiger partial charge in [0.05, 0.1) is 16.2 Å². The number of halogens is 4. The third kappa shape index (κ3) is 6.17. The van der Waals surface area contributed by atoms with Gasteiger partial charge in [-0.05, 0) is 67.8 Å². The monoisotopic (exact) mass is 531 g/mol. The van der Waals surface area contributed by atoms with Crippen LogP contribution in [0.4, 0.5) is 13.2 Å². The van der Waals surface area contributed by atoms with Gasteiger partial charge >= 0.3 is 6.18 Å². The summed E-state index contributed by atoms with van der Waals surface area (Å²) in [4.78, 5) is 14.8. The van der Waals surface area contributed by atoms with Gasteiger partial charge in [-0.3, -0.25) is 9.69 Å². The summed E-state index contributed by atoms with van der Waals surface area (Å²) in [5.41, 5.74) is 5.10. The molecule has 2 aromatic rings. The van der Waals surface area contributed by atoms with E-state index in [4.69, 9.17) is 17.3 Å². The fraction of sp³-hybridized carbons (Fsp3) is 0.458. The summed E-state index contributed by atoms with van der Waals surface area (Å²) in [7, 11) is -3.59. The van der Waals surface area contributed by atoms with E-state index in [1.807, 2.05) is 11.8 Å². The van der Waals surface area contributed by atoms with E-state index in [0.717, 1.165) is 18.9 Å². The number of alkyl halides is 3. The van der Waals surface area contributed by atoms with Crippen molar-refractivity contribution >= 4 is 27.3 Å². The normalized spacial score (nSPS) is 18.0. The zero-order chi connectivity index (χ0) is 26.0. The molecule has 1 aliphatic heterocycles. The molecule has 0 radical (unpaired) electrons. The van der Waals surface area contributed by atoms with Gasteiger partial charge in [0.2, 0.25) is 0 Å². The second-order valence-electron chi connectivity index (χ2n) is 8.62. The largest absolute Gasteiger partial charge is 0.416 e. The molecular weight excluding hydrogens is 503 g/mol. The number of sulfone groups is 1. The third-order valence-electron chi connectivity index (χ3n) is 6.38. The first-order chi connectivity index (χ1) is 16.4. The molecule has 3 N–H and O–H groups in total. The Labute approximate surface area is 208 Å².